The summed E-state index contributed by atoms with van der Waals surface area (Å²) in [5, 5.41) is 0. The van der Waals surface area contributed by atoms with Crippen LogP contribution in [0.4, 0.5) is 10.1 Å². The molecule has 1 amide bonds. The number of benzene rings is 1. The molecule has 0 fully saturated rings. The van der Waals surface area contributed by atoms with Crippen molar-refractivity contribution < 1.29 is 9.18 Å². The smallest absolute Gasteiger partial charge is 0.270 e. The van der Waals surface area contributed by atoms with Gasteiger partial charge in [-0.05, 0) is 30.2 Å². The van der Waals surface area contributed by atoms with Gasteiger partial charge in [-0.2, -0.15) is 0 Å². The zero-order chi connectivity index (χ0) is 15.4. The molecule has 0 bridgehead atoms. The summed E-state index contributed by atoms with van der Waals surface area (Å²) in [4.78, 5) is 14.1. The topological polar surface area (TPSA) is 51.3 Å². The third-order valence-corrected chi connectivity index (χ3v) is 3.28. The highest BCUT2D eigenvalue weighted by atomic mass is 19.1. The molecule has 0 unspecified atom stereocenters. The molecule has 1 heterocycles. The molecule has 2 N–H and O–H groups in total. The third-order valence-electron chi connectivity index (χ3n) is 3.28. The second kappa shape index (κ2) is 6.43. The number of nitrogen functional groups attached to an aromatic ring is 1. The number of nitrogens with two attached hydrogens (primary N) is 1. The monoisotopic (exact) mass is 289 g/mol. The van der Waals surface area contributed by atoms with Crippen LogP contribution in [0.25, 0.3) is 0 Å². The number of carbonyl (C=O) groups is 1. The van der Waals surface area contributed by atoms with E-state index in [9.17, 15) is 9.18 Å². The fraction of sp³-hybridized carbons (Fsp3) is 0.312. The van der Waals surface area contributed by atoms with Crippen molar-refractivity contribution in [3.05, 3.63) is 53.6 Å². The Hall–Kier alpha value is -2.30. The van der Waals surface area contributed by atoms with E-state index >= 15 is 0 Å². The Balaban J connectivity index is 2.13. The minimum absolute atomic E-state index is 0.0931. The predicted octanol–water partition coefficient (Wildman–Crippen LogP) is 2.89. The Morgan fingerprint density at radius 2 is 2.00 bits per heavy atom. The minimum Gasteiger partial charge on any atom is -0.397 e. The van der Waals surface area contributed by atoms with Crippen molar-refractivity contribution in [2.75, 3.05) is 12.8 Å². The molecule has 0 radical (unpaired) electrons. The van der Waals surface area contributed by atoms with Crippen molar-refractivity contribution in [2.45, 2.75) is 26.4 Å². The average Bonchev–Trinajstić information content (AvgIpc) is 2.82. The van der Waals surface area contributed by atoms with Crippen molar-refractivity contribution in [1.29, 1.82) is 0 Å². The first-order valence-corrected chi connectivity index (χ1v) is 6.96. The van der Waals surface area contributed by atoms with E-state index in [1.54, 1.807) is 36.3 Å². The quantitative estimate of drug-likeness (QED) is 0.920. The molecule has 2 rings (SSSR count). The van der Waals surface area contributed by atoms with Crippen LogP contribution in [0.2, 0.25) is 0 Å². The largest absolute Gasteiger partial charge is 0.397 e. The maximum absolute atomic E-state index is 12.9. The molecule has 0 atom stereocenters. The number of nitrogens with zero attached hydrogens (tertiary/aromatic N) is 2. The van der Waals surface area contributed by atoms with Gasteiger partial charge in [0, 0.05) is 26.3 Å². The molecular weight excluding hydrogens is 269 g/mol. The van der Waals surface area contributed by atoms with E-state index in [1.807, 2.05) is 11.5 Å². The molecule has 0 aliphatic carbocycles. The molecule has 0 saturated carbocycles. The van der Waals surface area contributed by atoms with Crippen LogP contribution in [-0.2, 0) is 13.1 Å². The summed E-state index contributed by atoms with van der Waals surface area (Å²) in [7, 11) is 1.73. The van der Waals surface area contributed by atoms with Gasteiger partial charge in [-0.15, -0.1) is 0 Å². The number of aromatic nitrogens is 1. The molecule has 0 saturated heterocycles. The lowest BCUT2D eigenvalue weighted by molar-refractivity contribution is 0.0774. The first kappa shape index (κ1) is 15.1. The molecule has 21 heavy (non-hydrogen) atoms. The first-order chi connectivity index (χ1) is 10.0. The standard InChI is InChI=1S/C16H20FN3O/c1-3-8-20-11-14(18)9-15(20)16(21)19(2)10-12-4-6-13(17)7-5-12/h4-7,9,11H,3,8,10,18H2,1-2H3. The zero-order valence-corrected chi connectivity index (χ0v) is 12.3. The number of anilines is 1. The second-order valence-corrected chi connectivity index (χ2v) is 5.14. The van der Waals surface area contributed by atoms with Gasteiger partial charge in [0.15, 0.2) is 0 Å². The highest BCUT2D eigenvalue weighted by molar-refractivity contribution is 5.93. The van der Waals surface area contributed by atoms with E-state index in [4.69, 9.17) is 5.73 Å². The molecule has 1 aromatic carbocycles. The third kappa shape index (κ3) is 3.62. The van der Waals surface area contributed by atoms with Crippen LogP contribution in [0.15, 0.2) is 36.5 Å². The summed E-state index contributed by atoms with van der Waals surface area (Å²) in [5.41, 5.74) is 7.83. The van der Waals surface area contributed by atoms with Gasteiger partial charge in [0.05, 0.1) is 5.69 Å². The van der Waals surface area contributed by atoms with E-state index in [2.05, 4.69) is 0 Å². The maximum Gasteiger partial charge on any atom is 0.270 e. The lowest BCUT2D eigenvalue weighted by atomic mass is 10.2. The van der Waals surface area contributed by atoms with Crippen molar-refractivity contribution in [1.82, 2.24) is 9.47 Å². The first-order valence-electron chi connectivity index (χ1n) is 6.96. The Morgan fingerprint density at radius 3 is 2.62 bits per heavy atom. The van der Waals surface area contributed by atoms with Crippen molar-refractivity contribution >= 4 is 11.6 Å². The summed E-state index contributed by atoms with van der Waals surface area (Å²) in [6.45, 7) is 3.23. The number of hydrogen-bond donors (Lipinski definition) is 1. The number of halogens is 1. The molecule has 5 heteroatoms. The molecule has 0 aliphatic heterocycles. The van der Waals surface area contributed by atoms with Crippen molar-refractivity contribution in [3.63, 3.8) is 0 Å². The highest BCUT2D eigenvalue weighted by Gasteiger charge is 2.17. The minimum atomic E-state index is -0.280. The average molecular weight is 289 g/mol. The van der Waals surface area contributed by atoms with Crippen LogP contribution in [0.1, 0.15) is 29.4 Å². The van der Waals surface area contributed by atoms with Crippen LogP contribution in [0.3, 0.4) is 0 Å². The van der Waals surface area contributed by atoms with Crippen LogP contribution in [-0.4, -0.2) is 22.4 Å². The second-order valence-electron chi connectivity index (χ2n) is 5.14. The Kier molecular flexibility index (Phi) is 4.62. The highest BCUT2D eigenvalue weighted by Crippen LogP contribution is 2.15. The van der Waals surface area contributed by atoms with Crippen molar-refractivity contribution in [2.24, 2.45) is 0 Å². The Bertz CT molecular complexity index is 619. The summed E-state index contributed by atoms with van der Waals surface area (Å²) in [6, 6.07) is 7.84. The Morgan fingerprint density at radius 1 is 1.33 bits per heavy atom. The van der Waals surface area contributed by atoms with Gasteiger partial charge in [-0.3, -0.25) is 4.79 Å². The molecule has 0 aliphatic rings. The molecule has 112 valence electrons. The van der Waals surface area contributed by atoms with Crippen LogP contribution in [0.5, 0.6) is 0 Å². The molecule has 2 aromatic rings. The van der Waals surface area contributed by atoms with E-state index in [1.165, 1.54) is 12.1 Å². The fourth-order valence-electron chi connectivity index (χ4n) is 2.27. The van der Waals surface area contributed by atoms with E-state index in [-0.39, 0.29) is 11.7 Å². The van der Waals surface area contributed by atoms with Gasteiger partial charge in [0.25, 0.3) is 5.91 Å². The zero-order valence-electron chi connectivity index (χ0n) is 12.3. The number of rotatable bonds is 5. The molecule has 1 aromatic heterocycles. The normalized spacial score (nSPS) is 10.6. The SMILES string of the molecule is CCCn1cc(N)cc1C(=O)N(C)Cc1ccc(F)cc1. The molecule has 4 nitrogen and oxygen atoms in total. The summed E-state index contributed by atoms with van der Waals surface area (Å²) in [6.07, 6.45) is 2.71. The van der Waals surface area contributed by atoms with Gasteiger partial charge >= 0.3 is 0 Å². The van der Waals surface area contributed by atoms with Crippen LogP contribution in [0, 0.1) is 5.82 Å². The summed E-state index contributed by atoms with van der Waals surface area (Å²) >= 11 is 0. The summed E-state index contributed by atoms with van der Waals surface area (Å²) in [5.74, 6) is -0.373. The van der Waals surface area contributed by atoms with Crippen molar-refractivity contribution in [3.8, 4) is 0 Å². The van der Waals surface area contributed by atoms with Gasteiger partial charge < -0.3 is 15.2 Å². The fourth-order valence-corrected chi connectivity index (χ4v) is 2.27. The number of hydrogen-bond acceptors (Lipinski definition) is 2. The number of amides is 1. The van der Waals surface area contributed by atoms with Gasteiger partial charge in [-0.1, -0.05) is 19.1 Å². The summed E-state index contributed by atoms with van der Waals surface area (Å²) < 4.78 is 14.8. The van der Waals surface area contributed by atoms with Gasteiger partial charge in [0.1, 0.15) is 11.5 Å². The number of carbonyl (C=O) groups excluding carboxylic acids is 1. The van der Waals surface area contributed by atoms with Crippen LogP contribution >= 0.6 is 0 Å². The maximum atomic E-state index is 12.9. The molecule has 0 spiro atoms. The van der Waals surface area contributed by atoms with E-state index in [0.29, 0.717) is 17.9 Å². The van der Waals surface area contributed by atoms with Gasteiger partial charge in [-0.25, -0.2) is 4.39 Å². The Labute approximate surface area is 124 Å². The van der Waals surface area contributed by atoms with Crippen LogP contribution < -0.4 is 5.73 Å². The molecular formula is C16H20FN3O. The lowest BCUT2D eigenvalue weighted by Crippen LogP contribution is -2.28. The van der Waals surface area contributed by atoms with E-state index < -0.39 is 0 Å². The van der Waals surface area contributed by atoms with E-state index in [0.717, 1.165) is 18.5 Å². The number of aryl methyl sites for hydroxylation is 1. The predicted molar refractivity (Wildman–Crippen MR) is 81.3 cm³/mol. The lowest BCUT2D eigenvalue weighted by Gasteiger charge is -2.18. The van der Waals surface area contributed by atoms with Gasteiger partial charge in [0.2, 0.25) is 0 Å².